The lowest BCUT2D eigenvalue weighted by atomic mass is 10.00. The highest BCUT2D eigenvalue weighted by atomic mass is 19.1. The molecular formula is C15H11FN2. The summed E-state index contributed by atoms with van der Waals surface area (Å²) in [5.74, 6) is -0.222. The molecule has 0 aliphatic rings. The van der Waals surface area contributed by atoms with Crippen LogP contribution in [0.1, 0.15) is 0 Å². The Morgan fingerprint density at radius 3 is 1.94 bits per heavy atom. The summed E-state index contributed by atoms with van der Waals surface area (Å²) in [6, 6.07) is 10.4. The van der Waals surface area contributed by atoms with Gasteiger partial charge in [0.1, 0.15) is 5.82 Å². The fourth-order valence-corrected chi connectivity index (χ4v) is 2.00. The van der Waals surface area contributed by atoms with Crippen LogP contribution in [0.2, 0.25) is 0 Å². The summed E-state index contributed by atoms with van der Waals surface area (Å²) in [4.78, 5) is 7.11. The van der Waals surface area contributed by atoms with Gasteiger partial charge < -0.3 is 4.98 Å². The van der Waals surface area contributed by atoms with E-state index in [1.54, 1.807) is 24.5 Å². The molecule has 0 unspecified atom stereocenters. The molecule has 3 rings (SSSR count). The van der Waals surface area contributed by atoms with E-state index in [2.05, 4.69) is 9.97 Å². The van der Waals surface area contributed by atoms with E-state index < -0.39 is 0 Å². The van der Waals surface area contributed by atoms with Crippen molar-refractivity contribution >= 4 is 0 Å². The van der Waals surface area contributed by atoms with E-state index in [0.717, 1.165) is 22.3 Å². The number of hydrogen-bond donors (Lipinski definition) is 1. The molecule has 2 heterocycles. The van der Waals surface area contributed by atoms with Gasteiger partial charge in [0.15, 0.2) is 0 Å². The molecule has 88 valence electrons. The molecule has 3 aromatic rings. The van der Waals surface area contributed by atoms with Crippen molar-refractivity contribution in [3.63, 3.8) is 0 Å². The van der Waals surface area contributed by atoms with Crippen molar-refractivity contribution in [1.82, 2.24) is 9.97 Å². The number of nitrogens with zero attached hydrogens (tertiary/aromatic N) is 1. The average Bonchev–Trinajstić information content (AvgIpc) is 2.90. The minimum absolute atomic E-state index is 0.222. The lowest BCUT2D eigenvalue weighted by Gasteiger charge is -2.04. The standard InChI is InChI=1S/C15H11FN2/c16-13-3-1-11(2-4-13)14-9-18-10-15(14)12-5-7-17-8-6-12/h1-10,18H. The summed E-state index contributed by atoms with van der Waals surface area (Å²) >= 11 is 0. The Hall–Kier alpha value is -2.42. The summed E-state index contributed by atoms with van der Waals surface area (Å²) < 4.78 is 12.9. The van der Waals surface area contributed by atoms with Gasteiger partial charge in [-0.25, -0.2) is 4.39 Å². The normalized spacial score (nSPS) is 10.5. The zero-order valence-corrected chi connectivity index (χ0v) is 9.60. The van der Waals surface area contributed by atoms with Crippen LogP contribution < -0.4 is 0 Å². The molecule has 0 aliphatic heterocycles. The smallest absolute Gasteiger partial charge is 0.123 e. The first-order valence-corrected chi connectivity index (χ1v) is 5.68. The first-order valence-electron chi connectivity index (χ1n) is 5.68. The van der Waals surface area contributed by atoms with Crippen molar-refractivity contribution in [2.24, 2.45) is 0 Å². The molecule has 0 bridgehead atoms. The molecule has 0 saturated heterocycles. The highest BCUT2D eigenvalue weighted by Crippen LogP contribution is 2.31. The lowest BCUT2D eigenvalue weighted by Crippen LogP contribution is -1.81. The molecule has 0 atom stereocenters. The van der Waals surface area contributed by atoms with Gasteiger partial charge >= 0.3 is 0 Å². The summed E-state index contributed by atoms with van der Waals surface area (Å²) in [6.45, 7) is 0. The SMILES string of the molecule is Fc1ccc(-c2c[nH]cc2-c2ccncc2)cc1. The highest BCUT2D eigenvalue weighted by Gasteiger charge is 2.08. The quantitative estimate of drug-likeness (QED) is 0.721. The number of pyridine rings is 1. The fraction of sp³-hybridized carbons (Fsp3) is 0. The van der Waals surface area contributed by atoms with E-state index in [4.69, 9.17) is 0 Å². The number of benzene rings is 1. The number of halogens is 1. The van der Waals surface area contributed by atoms with E-state index in [1.165, 1.54) is 12.1 Å². The summed E-state index contributed by atoms with van der Waals surface area (Å²) in [6.07, 6.45) is 7.38. The molecule has 0 aliphatic carbocycles. The Balaban J connectivity index is 2.10. The van der Waals surface area contributed by atoms with Crippen molar-refractivity contribution in [1.29, 1.82) is 0 Å². The van der Waals surface area contributed by atoms with E-state index in [9.17, 15) is 4.39 Å². The molecule has 1 aromatic carbocycles. The van der Waals surface area contributed by atoms with Crippen LogP contribution in [0, 0.1) is 5.82 Å². The maximum Gasteiger partial charge on any atom is 0.123 e. The first kappa shape index (κ1) is 10.7. The van der Waals surface area contributed by atoms with Gasteiger partial charge in [-0.15, -0.1) is 0 Å². The second kappa shape index (κ2) is 4.45. The van der Waals surface area contributed by atoms with Gasteiger partial charge in [0.25, 0.3) is 0 Å². The maximum atomic E-state index is 12.9. The van der Waals surface area contributed by atoms with E-state index >= 15 is 0 Å². The number of aromatic amines is 1. The number of nitrogens with one attached hydrogen (secondary N) is 1. The zero-order valence-electron chi connectivity index (χ0n) is 9.60. The molecule has 1 N–H and O–H groups in total. The molecule has 0 saturated carbocycles. The summed E-state index contributed by atoms with van der Waals surface area (Å²) in [7, 11) is 0. The van der Waals surface area contributed by atoms with E-state index in [1.807, 2.05) is 24.5 Å². The predicted molar refractivity (Wildman–Crippen MR) is 69.4 cm³/mol. The fourth-order valence-electron chi connectivity index (χ4n) is 2.00. The van der Waals surface area contributed by atoms with Crippen molar-refractivity contribution in [3.8, 4) is 22.3 Å². The Morgan fingerprint density at radius 2 is 1.33 bits per heavy atom. The second-order valence-electron chi connectivity index (χ2n) is 4.03. The van der Waals surface area contributed by atoms with Gasteiger partial charge in [0.2, 0.25) is 0 Å². The summed E-state index contributed by atoms with van der Waals surface area (Å²) in [5.41, 5.74) is 4.22. The molecule has 3 heteroatoms. The monoisotopic (exact) mass is 238 g/mol. The van der Waals surface area contributed by atoms with Crippen molar-refractivity contribution in [2.45, 2.75) is 0 Å². The van der Waals surface area contributed by atoms with Gasteiger partial charge in [0.05, 0.1) is 0 Å². The number of hydrogen-bond acceptors (Lipinski definition) is 1. The third kappa shape index (κ3) is 1.91. The van der Waals surface area contributed by atoms with Crippen LogP contribution in [0.4, 0.5) is 4.39 Å². The maximum absolute atomic E-state index is 12.9. The predicted octanol–water partition coefficient (Wildman–Crippen LogP) is 3.88. The number of rotatable bonds is 2. The van der Waals surface area contributed by atoms with Crippen LogP contribution in [-0.2, 0) is 0 Å². The Morgan fingerprint density at radius 1 is 0.778 bits per heavy atom. The van der Waals surface area contributed by atoms with Crippen LogP contribution in [0.15, 0.2) is 61.2 Å². The van der Waals surface area contributed by atoms with Crippen LogP contribution in [0.5, 0.6) is 0 Å². The van der Waals surface area contributed by atoms with Crippen LogP contribution in [0.3, 0.4) is 0 Å². The van der Waals surface area contributed by atoms with Crippen molar-refractivity contribution < 1.29 is 4.39 Å². The Bertz CT molecular complexity index is 642. The third-order valence-corrected chi connectivity index (χ3v) is 2.89. The van der Waals surface area contributed by atoms with Gasteiger partial charge in [-0.1, -0.05) is 12.1 Å². The molecule has 0 spiro atoms. The first-order chi connectivity index (χ1) is 8.84. The van der Waals surface area contributed by atoms with Gasteiger partial charge in [-0.3, -0.25) is 4.98 Å². The minimum atomic E-state index is -0.222. The third-order valence-electron chi connectivity index (χ3n) is 2.89. The molecule has 0 radical (unpaired) electrons. The average molecular weight is 238 g/mol. The van der Waals surface area contributed by atoms with Crippen LogP contribution >= 0.6 is 0 Å². The highest BCUT2D eigenvalue weighted by molar-refractivity contribution is 5.82. The topological polar surface area (TPSA) is 28.7 Å². The Kier molecular flexibility index (Phi) is 2.65. The second-order valence-corrected chi connectivity index (χ2v) is 4.03. The van der Waals surface area contributed by atoms with Gasteiger partial charge in [0, 0.05) is 35.9 Å². The number of aromatic nitrogens is 2. The van der Waals surface area contributed by atoms with Crippen molar-refractivity contribution in [2.75, 3.05) is 0 Å². The molecule has 18 heavy (non-hydrogen) atoms. The Labute approximate surface area is 104 Å². The molecule has 2 aromatic heterocycles. The van der Waals surface area contributed by atoms with Gasteiger partial charge in [-0.05, 0) is 35.4 Å². The molecule has 0 amide bonds. The molecule has 2 nitrogen and oxygen atoms in total. The largest absolute Gasteiger partial charge is 0.366 e. The molecular weight excluding hydrogens is 227 g/mol. The zero-order chi connectivity index (χ0) is 12.4. The number of H-pyrrole nitrogens is 1. The van der Waals surface area contributed by atoms with E-state index in [0.29, 0.717) is 0 Å². The minimum Gasteiger partial charge on any atom is -0.366 e. The van der Waals surface area contributed by atoms with Crippen LogP contribution in [-0.4, -0.2) is 9.97 Å². The van der Waals surface area contributed by atoms with Gasteiger partial charge in [-0.2, -0.15) is 0 Å². The summed E-state index contributed by atoms with van der Waals surface area (Å²) in [5, 5.41) is 0. The lowest BCUT2D eigenvalue weighted by molar-refractivity contribution is 0.628. The molecule has 0 fully saturated rings. The van der Waals surface area contributed by atoms with Crippen LogP contribution in [0.25, 0.3) is 22.3 Å². The van der Waals surface area contributed by atoms with E-state index in [-0.39, 0.29) is 5.82 Å². The van der Waals surface area contributed by atoms with Crippen molar-refractivity contribution in [3.05, 3.63) is 67.0 Å².